The monoisotopic (exact) mass is 537 g/mol. The quantitative estimate of drug-likeness (QED) is 0.0615. The lowest BCUT2D eigenvalue weighted by molar-refractivity contribution is -0.143. The molecule has 0 spiro atoms. The van der Waals surface area contributed by atoms with Crippen molar-refractivity contribution in [1.29, 1.82) is 0 Å². The molecule has 0 aromatic carbocycles. The number of hydrogen-bond acceptors (Lipinski definition) is 2. The van der Waals surface area contributed by atoms with E-state index in [0.717, 1.165) is 25.7 Å². The van der Waals surface area contributed by atoms with E-state index in [9.17, 15) is 4.79 Å². The van der Waals surface area contributed by atoms with Crippen LogP contribution in [0.2, 0.25) is 0 Å². The van der Waals surface area contributed by atoms with Gasteiger partial charge in [-0.25, -0.2) is 0 Å². The summed E-state index contributed by atoms with van der Waals surface area (Å²) < 4.78 is 5.31. The fourth-order valence-corrected chi connectivity index (χ4v) is 5.55. The van der Waals surface area contributed by atoms with E-state index < -0.39 is 0 Å². The summed E-state index contributed by atoms with van der Waals surface area (Å²) in [4.78, 5) is 11.5. The molecular formula is C36H72O2. The highest BCUT2D eigenvalue weighted by atomic mass is 16.5. The van der Waals surface area contributed by atoms with E-state index in [1.807, 2.05) is 0 Å². The fourth-order valence-electron chi connectivity index (χ4n) is 5.55. The van der Waals surface area contributed by atoms with Crippen molar-refractivity contribution in [3.63, 3.8) is 0 Å². The summed E-state index contributed by atoms with van der Waals surface area (Å²) in [6.45, 7) is 5.09. The van der Waals surface area contributed by atoms with Gasteiger partial charge in [-0.3, -0.25) is 4.79 Å². The fraction of sp³-hybridized carbons (Fsp3) is 0.972. The van der Waals surface area contributed by atoms with Crippen LogP contribution in [0.3, 0.4) is 0 Å². The van der Waals surface area contributed by atoms with E-state index in [1.54, 1.807) is 0 Å². The number of carbonyl (C=O) groups excluding carboxylic acids is 1. The smallest absolute Gasteiger partial charge is 0.305 e. The number of rotatable bonds is 33. The van der Waals surface area contributed by atoms with Crippen LogP contribution in [0.5, 0.6) is 0 Å². The molecule has 0 saturated carbocycles. The molecule has 0 amide bonds. The Balaban J connectivity index is 3.06. The van der Waals surface area contributed by atoms with Crippen LogP contribution in [0.1, 0.15) is 219 Å². The van der Waals surface area contributed by atoms with Crippen molar-refractivity contribution < 1.29 is 9.53 Å². The molecule has 0 rings (SSSR count). The van der Waals surface area contributed by atoms with Crippen LogP contribution in [0.25, 0.3) is 0 Å². The van der Waals surface area contributed by atoms with Gasteiger partial charge < -0.3 is 4.74 Å². The van der Waals surface area contributed by atoms with Crippen LogP contribution < -0.4 is 0 Å². The summed E-state index contributed by atoms with van der Waals surface area (Å²) in [7, 11) is 0. The van der Waals surface area contributed by atoms with Gasteiger partial charge in [0.1, 0.15) is 0 Å². The highest BCUT2D eigenvalue weighted by molar-refractivity contribution is 5.69. The van der Waals surface area contributed by atoms with Gasteiger partial charge in [-0.1, -0.05) is 200 Å². The van der Waals surface area contributed by atoms with Crippen molar-refractivity contribution in [2.24, 2.45) is 0 Å². The summed E-state index contributed by atoms with van der Waals surface area (Å²) in [5.74, 6) is 0.00322. The summed E-state index contributed by atoms with van der Waals surface area (Å²) in [5, 5.41) is 0. The molecule has 0 aliphatic rings. The summed E-state index contributed by atoms with van der Waals surface area (Å²) >= 11 is 0. The standard InChI is InChI=1S/C36H72O2/c1-3-5-7-8-9-10-11-12-13-14-15-16-17-18-19-20-21-22-23-24-25-26-27-28-29-30-31-33-35-38-36(37)34-32-6-4-2/h3-35H2,1-2H3. The molecule has 0 N–H and O–H groups in total. The van der Waals surface area contributed by atoms with Gasteiger partial charge >= 0.3 is 5.97 Å². The third kappa shape index (κ3) is 33.5. The van der Waals surface area contributed by atoms with Crippen LogP contribution in [0.15, 0.2) is 0 Å². The molecule has 0 radical (unpaired) electrons. The van der Waals surface area contributed by atoms with Crippen LogP contribution in [-0.4, -0.2) is 12.6 Å². The average molecular weight is 537 g/mol. The number of esters is 1. The van der Waals surface area contributed by atoms with Crippen molar-refractivity contribution in [1.82, 2.24) is 0 Å². The molecule has 0 bridgehead atoms. The first-order chi connectivity index (χ1) is 18.8. The molecule has 0 aromatic rings. The Bertz CT molecular complexity index is 433. The number of ether oxygens (including phenoxy) is 1. The van der Waals surface area contributed by atoms with Crippen LogP contribution >= 0.6 is 0 Å². The predicted octanol–water partition coefficient (Wildman–Crippen LogP) is 13.1. The van der Waals surface area contributed by atoms with Gasteiger partial charge in [-0.15, -0.1) is 0 Å². The van der Waals surface area contributed by atoms with Crippen molar-refractivity contribution in [3.05, 3.63) is 0 Å². The first kappa shape index (κ1) is 37.5. The Labute approximate surface area is 241 Å². The molecule has 0 fully saturated rings. The molecule has 0 aliphatic heterocycles. The van der Waals surface area contributed by atoms with E-state index in [-0.39, 0.29) is 5.97 Å². The zero-order valence-electron chi connectivity index (χ0n) is 26.7. The minimum absolute atomic E-state index is 0.00322. The highest BCUT2D eigenvalue weighted by Gasteiger charge is 2.02. The normalized spacial score (nSPS) is 11.3. The molecule has 0 unspecified atom stereocenters. The summed E-state index contributed by atoms with van der Waals surface area (Å²) in [6, 6.07) is 0. The Morgan fingerprint density at radius 3 is 0.868 bits per heavy atom. The van der Waals surface area contributed by atoms with Gasteiger partial charge in [0.05, 0.1) is 6.61 Å². The molecule has 2 heteroatoms. The third-order valence-electron chi connectivity index (χ3n) is 8.25. The van der Waals surface area contributed by atoms with E-state index in [2.05, 4.69) is 13.8 Å². The second kappa shape index (κ2) is 34.5. The molecule has 0 atom stereocenters. The number of hydrogen-bond donors (Lipinski definition) is 0. The van der Waals surface area contributed by atoms with E-state index in [0.29, 0.717) is 13.0 Å². The molecule has 0 aliphatic carbocycles. The first-order valence-electron chi connectivity index (χ1n) is 18.0. The van der Waals surface area contributed by atoms with Crippen molar-refractivity contribution in [2.75, 3.05) is 6.61 Å². The lowest BCUT2D eigenvalue weighted by Crippen LogP contribution is -2.05. The van der Waals surface area contributed by atoms with E-state index in [4.69, 9.17) is 4.74 Å². The van der Waals surface area contributed by atoms with Crippen LogP contribution in [0.4, 0.5) is 0 Å². The minimum Gasteiger partial charge on any atom is -0.466 e. The Morgan fingerprint density at radius 1 is 0.342 bits per heavy atom. The lowest BCUT2D eigenvalue weighted by Gasteiger charge is -2.05. The van der Waals surface area contributed by atoms with E-state index >= 15 is 0 Å². The van der Waals surface area contributed by atoms with Crippen molar-refractivity contribution in [3.8, 4) is 0 Å². The second-order valence-electron chi connectivity index (χ2n) is 12.2. The maximum atomic E-state index is 11.5. The van der Waals surface area contributed by atoms with Gasteiger partial charge in [0, 0.05) is 6.42 Å². The van der Waals surface area contributed by atoms with Crippen molar-refractivity contribution in [2.45, 2.75) is 219 Å². The number of carbonyl (C=O) groups is 1. The molecule has 228 valence electrons. The maximum absolute atomic E-state index is 11.5. The third-order valence-corrected chi connectivity index (χ3v) is 8.25. The molecule has 2 nitrogen and oxygen atoms in total. The first-order valence-corrected chi connectivity index (χ1v) is 18.0. The van der Waals surface area contributed by atoms with Gasteiger partial charge in [0.2, 0.25) is 0 Å². The second-order valence-corrected chi connectivity index (χ2v) is 12.2. The van der Waals surface area contributed by atoms with E-state index in [1.165, 1.54) is 173 Å². The lowest BCUT2D eigenvalue weighted by atomic mass is 10.0. The van der Waals surface area contributed by atoms with Gasteiger partial charge in [0.25, 0.3) is 0 Å². The molecule has 38 heavy (non-hydrogen) atoms. The molecular weight excluding hydrogens is 464 g/mol. The van der Waals surface area contributed by atoms with Gasteiger partial charge in [0.15, 0.2) is 0 Å². The number of unbranched alkanes of at least 4 members (excludes halogenated alkanes) is 29. The largest absolute Gasteiger partial charge is 0.466 e. The highest BCUT2D eigenvalue weighted by Crippen LogP contribution is 2.16. The van der Waals surface area contributed by atoms with Gasteiger partial charge in [-0.2, -0.15) is 0 Å². The SMILES string of the molecule is CCCCCCCCCCCCCCCCCCCCCCCCCCCCCCOC(=O)CCCCC. The minimum atomic E-state index is 0.00322. The zero-order valence-corrected chi connectivity index (χ0v) is 26.7. The summed E-state index contributed by atoms with van der Waals surface area (Å²) in [6.07, 6.45) is 43.7. The van der Waals surface area contributed by atoms with Crippen molar-refractivity contribution >= 4 is 5.97 Å². The maximum Gasteiger partial charge on any atom is 0.305 e. The topological polar surface area (TPSA) is 26.3 Å². The average Bonchev–Trinajstić information content (AvgIpc) is 2.92. The van der Waals surface area contributed by atoms with Crippen LogP contribution in [-0.2, 0) is 9.53 Å². The van der Waals surface area contributed by atoms with Gasteiger partial charge in [-0.05, 0) is 12.8 Å². The zero-order chi connectivity index (χ0) is 27.6. The predicted molar refractivity (Wildman–Crippen MR) is 170 cm³/mol. The molecule has 0 aromatic heterocycles. The molecule has 0 heterocycles. The Kier molecular flexibility index (Phi) is 34.0. The molecule has 0 saturated heterocycles. The Morgan fingerprint density at radius 2 is 0.579 bits per heavy atom. The summed E-state index contributed by atoms with van der Waals surface area (Å²) in [5.41, 5.74) is 0. The van der Waals surface area contributed by atoms with Crippen LogP contribution in [0, 0.1) is 0 Å². The Hall–Kier alpha value is -0.530.